The maximum absolute atomic E-state index is 13.2. The number of hydrogen-bond acceptors (Lipinski definition) is 4. The second kappa shape index (κ2) is 8.23. The minimum Gasteiger partial charge on any atom is -0.497 e. The highest BCUT2D eigenvalue weighted by molar-refractivity contribution is 5.80. The molecule has 2 heterocycles. The Morgan fingerprint density at radius 3 is 2.64 bits per heavy atom. The quantitative estimate of drug-likeness (QED) is 0.866. The zero-order valence-electron chi connectivity index (χ0n) is 16.6. The fourth-order valence-electron chi connectivity index (χ4n) is 4.65. The van der Waals surface area contributed by atoms with Crippen LogP contribution in [0.4, 0.5) is 0 Å². The lowest BCUT2D eigenvalue weighted by Crippen LogP contribution is -2.49. The van der Waals surface area contributed by atoms with E-state index in [1.807, 2.05) is 36.4 Å². The topological polar surface area (TPSA) is 50.8 Å². The predicted molar refractivity (Wildman–Crippen MR) is 109 cm³/mol. The average Bonchev–Trinajstić information content (AvgIpc) is 3.14. The molecule has 2 aliphatic rings. The number of fused-ring (bicyclic) bond motifs is 1. The number of nitrogens with one attached hydrogen (secondary N) is 1. The minimum atomic E-state index is 0.192. The Bertz CT molecular complexity index is 838. The van der Waals surface area contributed by atoms with Crippen LogP contribution in [0.5, 0.6) is 11.5 Å². The monoisotopic (exact) mass is 380 g/mol. The second-order valence-electron chi connectivity index (χ2n) is 7.65. The predicted octanol–water partition coefficient (Wildman–Crippen LogP) is 2.99. The minimum absolute atomic E-state index is 0.192. The summed E-state index contributed by atoms with van der Waals surface area (Å²) in [7, 11) is 3.35. The Hall–Kier alpha value is -2.53. The zero-order chi connectivity index (χ0) is 19.5. The summed E-state index contributed by atoms with van der Waals surface area (Å²) in [6.07, 6.45) is 2.57. The van der Waals surface area contributed by atoms with E-state index in [0.29, 0.717) is 12.5 Å². The molecular formula is C23H28N2O3. The van der Waals surface area contributed by atoms with Crippen LogP contribution in [0, 0.1) is 0 Å². The van der Waals surface area contributed by atoms with Gasteiger partial charge in [0.25, 0.3) is 0 Å². The maximum Gasteiger partial charge on any atom is 0.227 e. The molecule has 3 atom stereocenters. The number of amides is 1. The molecule has 2 aliphatic heterocycles. The van der Waals surface area contributed by atoms with Gasteiger partial charge in [-0.3, -0.25) is 4.79 Å². The number of piperidine rings is 1. The van der Waals surface area contributed by atoms with E-state index in [9.17, 15) is 4.79 Å². The van der Waals surface area contributed by atoms with Crippen molar-refractivity contribution in [3.05, 3.63) is 59.7 Å². The number of rotatable bonds is 5. The Balaban J connectivity index is 1.55. The number of hydrogen-bond donors (Lipinski definition) is 1. The van der Waals surface area contributed by atoms with Crippen molar-refractivity contribution in [2.45, 2.75) is 37.3 Å². The highest BCUT2D eigenvalue weighted by atomic mass is 16.5. The summed E-state index contributed by atoms with van der Waals surface area (Å²) >= 11 is 0. The van der Waals surface area contributed by atoms with Gasteiger partial charge in [-0.05, 0) is 54.8 Å². The molecule has 0 saturated carbocycles. The van der Waals surface area contributed by atoms with Crippen LogP contribution in [0.1, 0.15) is 29.9 Å². The fraction of sp³-hybridized carbons (Fsp3) is 0.435. The maximum atomic E-state index is 13.2. The third-order valence-electron chi connectivity index (χ3n) is 6.03. The highest BCUT2D eigenvalue weighted by Crippen LogP contribution is 2.37. The van der Waals surface area contributed by atoms with Gasteiger partial charge in [0, 0.05) is 24.5 Å². The van der Waals surface area contributed by atoms with E-state index in [-0.39, 0.29) is 17.9 Å². The van der Waals surface area contributed by atoms with Crippen molar-refractivity contribution >= 4 is 5.91 Å². The van der Waals surface area contributed by atoms with Gasteiger partial charge in [-0.1, -0.05) is 24.3 Å². The van der Waals surface area contributed by atoms with Crippen molar-refractivity contribution in [3.63, 3.8) is 0 Å². The molecule has 0 spiro atoms. The van der Waals surface area contributed by atoms with Gasteiger partial charge in [0.15, 0.2) is 0 Å². The van der Waals surface area contributed by atoms with Crippen LogP contribution in [-0.2, 0) is 11.2 Å². The van der Waals surface area contributed by atoms with Crippen LogP contribution in [0.15, 0.2) is 48.5 Å². The van der Waals surface area contributed by atoms with Gasteiger partial charge in [-0.25, -0.2) is 0 Å². The van der Waals surface area contributed by atoms with Gasteiger partial charge in [0.05, 0.1) is 20.6 Å². The first kappa shape index (κ1) is 18.8. The molecule has 2 saturated heterocycles. The van der Waals surface area contributed by atoms with Gasteiger partial charge in [0.1, 0.15) is 11.5 Å². The molecule has 0 bridgehead atoms. The summed E-state index contributed by atoms with van der Waals surface area (Å²) in [5.41, 5.74) is 2.23. The van der Waals surface area contributed by atoms with Crippen LogP contribution in [0.25, 0.3) is 0 Å². The Morgan fingerprint density at radius 1 is 1.11 bits per heavy atom. The lowest BCUT2D eigenvalue weighted by Gasteiger charge is -2.33. The molecule has 1 N–H and O–H groups in total. The van der Waals surface area contributed by atoms with E-state index >= 15 is 0 Å². The van der Waals surface area contributed by atoms with Crippen LogP contribution in [0.3, 0.4) is 0 Å². The molecule has 2 aromatic rings. The van der Waals surface area contributed by atoms with Gasteiger partial charge in [-0.15, -0.1) is 0 Å². The normalized spacial score (nSPS) is 23.9. The molecular weight excluding hydrogens is 352 g/mol. The molecule has 0 aromatic heterocycles. The van der Waals surface area contributed by atoms with Crippen LogP contribution < -0.4 is 14.8 Å². The van der Waals surface area contributed by atoms with E-state index in [0.717, 1.165) is 43.0 Å². The van der Waals surface area contributed by atoms with Crippen LogP contribution >= 0.6 is 0 Å². The first-order chi connectivity index (χ1) is 13.7. The first-order valence-electron chi connectivity index (χ1n) is 9.99. The van der Waals surface area contributed by atoms with Gasteiger partial charge >= 0.3 is 0 Å². The summed E-state index contributed by atoms with van der Waals surface area (Å²) in [6, 6.07) is 16.6. The molecule has 2 aromatic carbocycles. The smallest absolute Gasteiger partial charge is 0.227 e. The highest BCUT2D eigenvalue weighted by Gasteiger charge is 2.45. The van der Waals surface area contributed by atoms with Crippen molar-refractivity contribution in [3.8, 4) is 11.5 Å². The lowest BCUT2D eigenvalue weighted by atomic mass is 9.87. The molecule has 4 rings (SSSR count). The van der Waals surface area contributed by atoms with Gasteiger partial charge in [0.2, 0.25) is 5.91 Å². The number of likely N-dealkylation sites (tertiary alicyclic amines) is 1. The molecule has 0 radical (unpaired) electrons. The summed E-state index contributed by atoms with van der Waals surface area (Å²) < 4.78 is 10.7. The number of benzene rings is 2. The van der Waals surface area contributed by atoms with Crippen LogP contribution in [0.2, 0.25) is 0 Å². The lowest BCUT2D eigenvalue weighted by molar-refractivity contribution is -0.131. The molecule has 0 aliphatic carbocycles. The molecule has 2 fully saturated rings. The Morgan fingerprint density at radius 2 is 1.86 bits per heavy atom. The third kappa shape index (κ3) is 3.72. The fourth-order valence-corrected chi connectivity index (χ4v) is 4.65. The van der Waals surface area contributed by atoms with Crippen molar-refractivity contribution in [1.29, 1.82) is 0 Å². The number of carbonyl (C=O) groups excluding carboxylic acids is 1. The first-order valence-corrected chi connectivity index (χ1v) is 9.99. The van der Waals surface area contributed by atoms with Crippen molar-refractivity contribution in [2.24, 2.45) is 0 Å². The third-order valence-corrected chi connectivity index (χ3v) is 6.03. The summed E-state index contributed by atoms with van der Waals surface area (Å²) in [6.45, 7) is 1.76. The number of nitrogens with zero attached hydrogens (tertiary/aromatic N) is 1. The number of methoxy groups -OCH3 is 2. The van der Waals surface area contributed by atoms with Crippen molar-refractivity contribution < 1.29 is 14.3 Å². The molecule has 0 unspecified atom stereocenters. The Kier molecular flexibility index (Phi) is 5.53. The average molecular weight is 380 g/mol. The summed E-state index contributed by atoms with van der Waals surface area (Å²) in [4.78, 5) is 15.3. The number of carbonyl (C=O) groups is 1. The van der Waals surface area contributed by atoms with Crippen molar-refractivity contribution in [1.82, 2.24) is 10.2 Å². The van der Waals surface area contributed by atoms with Crippen LogP contribution in [-0.4, -0.2) is 50.2 Å². The summed E-state index contributed by atoms with van der Waals surface area (Å²) in [5, 5.41) is 3.68. The molecule has 5 nitrogen and oxygen atoms in total. The van der Waals surface area contributed by atoms with Gasteiger partial charge < -0.3 is 19.7 Å². The van der Waals surface area contributed by atoms with E-state index in [2.05, 4.69) is 22.3 Å². The Labute approximate surface area is 166 Å². The van der Waals surface area contributed by atoms with E-state index in [1.165, 1.54) is 5.56 Å². The standard InChI is InChI=1S/C23H28N2O3/c1-27-18-8-3-6-16(12-18)13-22(26)25-15-20(23-21(25)10-5-11-24-23)17-7-4-9-19(14-17)28-2/h3-4,6-9,12,14,20-21,23-24H,5,10-11,13,15H2,1-2H3/t20-,21-,23-/m1/s1. The molecule has 148 valence electrons. The van der Waals surface area contributed by atoms with Gasteiger partial charge in [-0.2, -0.15) is 0 Å². The van der Waals surface area contributed by atoms with Crippen molar-refractivity contribution in [2.75, 3.05) is 27.3 Å². The van der Waals surface area contributed by atoms with E-state index < -0.39 is 0 Å². The zero-order valence-corrected chi connectivity index (χ0v) is 16.6. The SMILES string of the molecule is COc1cccc(CC(=O)N2C[C@H](c3cccc(OC)c3)[C@H]3NCCC[C@H]32)c1. The largest absolute Gasteiger partial charge is 0.497 e. The number of ether oxygens (including phenoxy) is 2. The van der Waals surface area contributed by atoms with E-state index in [4.69, 9.17) is 9.47 Å². The molecule has 5 heteroatoms. The van der Waals surface area contributed by atoms with E-state index in [1.54, 1.807) is 14.2 Å². The molecule has 1 amide bonds. The molecule has 28 heavy (non-hydrogen) atoms. The second-order valence-corrected chi connectivity index (χ2v) is 7.65. The summed E-state index contributed by atoms with van der Waals surface area (Å²) in [5.74, 6) is 2.14.